The van der Waals surface area contributed by atoms with Crippen LogP contribution in [0.25, 0.3) is 6.08 Å². The molecule has 0 saturated carbocycles. The molecule has 0 radical (unpaired) electrons. The number of aromatic hydroxyl groups is 1. The van der Waals surface area contributed by atoms with Crippen molar-refractivity contribution in [1.29, 1.82) is 0 Å². The first-order valence-electron chi connectivity index (χ1n) is 5.16. The van der Waals surface area contributed by atoms with Crippen LogP contribution in [0.5, 0.6) is 5.75 Å². The van der Waals surface area contributed by atoms with Crippen LogP contribution in [0.15, 0.2) is 29.2 Å². The molecule has 1 saturated heterocycles. The predicted octanol–water partition coefficient (Wildman–Crippen LogP) is 2.61. The summed E-state index contributed by atoms with van der Waals surface area (Å²) in [6.45, 7) is 2.48. The number of hydrogen-bond acceptors (Lipinski definition) is 4. The lowest BCUT2D eigenvalue weighted by Gasteiger charge is -2.09. The molecule has 88 valence electrons. The van der Waals surface area contributed by atoms with Crippen molar-refractivity contribution in [3.63, 3.8) is 0 Å². The van der Waals surface area contributed by atoms with E-state index in [0.717, 1.165) is 5.56 Å². The minimum Gasteiger partial charge on any atom is -0.508 e. The number of benzene rings is 1. The summed E-state index contributed by atoms with van der Waals surface area (Å²) in [5.74, 6) is 0.121. The van der Waals surface area contributed by atoms with Crippen molar-refractivity contribution in [2.24, 2.45) is 0 Å². The molecule has 1 heterocycles. The number of likely N-dealkylation sites (N-methyl/N-ethyl adjacent to an activating group) is 1. The van der Waals surface area contributed by atoms with Crippen LogP contribution < -0.4 is 0 Å². The van der Waals surface area contributed by atoms with Gasteiger partial charge in [0.1, 0.15) is 10.1 Å². The molecule has 1 amide bonds. The number of amides is 1. The summed E-state index contributed by atoms with van der Waals surface area (Å²) in [5.41, 5.74) is 0.793. The van der Waals surface area contributed by atoms with Gasteiger partial charge in [0, 0.05) is 6.54 Å². The zero-order valence-corrected chi connectivity index (χ0v) is 10.8. The Bertz CT molecular complexity index is 511. The molecule has 1 aliphatic heterocycles. The van der Waals surface area contributed by atoms with Gasteiger partial charge < -0.3 is 5.11 Å². The van der Waals surface area contributed by atoms with Gasteiger partial charge in [-0.3, -0.25) is 9.69 Å². The summed E-state index contributed by atoms with van der Waals surface area (Å²) >= 11 is 6.41. The monoisotopic (exact) mass is 265 g/mol. The molecule has 1 aliphatic rings. The summed E-state index contributed by atoms with van der Waals surface area (Å²) < 4.78 is 0.587. The van der Waals surface area contributed by atoms with Crippen LogP contribution in [-0.4, -0.2) is 26.8 Å². The Morgan fingerprint density at radius 2 is 2.29 bits per heavy atom. The number of rotatable bonds is 2. The van der Waals surface area contributed by atoms with Crippen LogP contribution in [0.1, 0.15) is 12.5 Å². The fraction of sp³-hybridized carbons (Fsp3) is 0.167. The largest absolute Gasteiger partial charge is 0.508 e. The summed E-state index contributed by atoms with van der Waals surface area (Å²) in [6.07, 6.45) is 1.74. The summed E-state index contributed by atoms with van der Waals surface area (Å²) in [7, 11) is 0. The first kappa shape index (κ1) is 12.1. The van der Waals surface area contributed by atoms with Gasteiger partial charge in [-0.2, -0.15) is 0 Å². The molecule has 0 aliphatic carbocycles. The van der Waals surface area contributed by atoms with Gasteiger partial charge in [-0.05, 0) is 30.7 Å². The number of phenols is 1. The Morgan fingerprint density at radius 1 is 1.53 bits per heavy atom. The number of phenolic OH excluding ortho intramolecular Hbond substituents is 1. The zero-order chi connectivity index (χ0) is 12.4. The third kappa shape index (κ3) is 2.50. The highest BCUT2D eigenvalue weighted by Gasteiger charge is 2.30. The maximum absolute atomic E-state index is 11.9. The summed E-state index contributed by atoms with van der Waals surface area (Å²) in [4.78, 5) is 14.1. The number of thiocarbonyl (C=S) groups is 1. The molecule has 0 unspecified atom stereocenters. The SMILES string of the molecule is CCN1C(=O)/C(=C/c2cccc(O)c2)SC1=S. The molecule has 2 rings (SSSR count). The fourth-order valence-corrected chi connectivity index (χ4v) is 2.92. The molecular weight excluding hydrogens is 254 g/mol. The molecule has 0 bridgehead atoms. The lowest BCUT2D eigenvalue weighted by atomic mass is 10.2. The Balaban J connectivity index is 2.30. The van der Waals surface area contributed by atoms with E-state index in [1.807, 2.05) is 13.0 Å². The highest BCUT2D eigenvalue weighted by Crippen LogP contribution is 2.32. The lowest BCUT2D eigenvalue weighted by molar-refractivity contribution is -0.121. The van der Waals surface area contributed by atoms with Gasteiger partial charge in [0.2, 0.25) is 0 Å². The highest BCUT2D eigenvalue weighted by atomic mass is 32.2. The van der Waals surface area contributed by atoms with Crippen LogP contribution in [0.3, 0.4) is 0 Å². The average molecular weight is 265 g/mol. The quantitative estimate of drug-likeness (QED) is 0.659. The molecule has 17 heavy (non-hydrogen) atoms. The van der Waals surface area contributed by atoms with Gasteiger partial charge in [-0.1, -0.05) is 36.1 Å². The standard InChI is InChI=1S/C12H11NO2S2/c1-2-13-11(15)10(17-12(13)16)7-8-4-3-5-9(14)6-8/h3-7,14H,2H2,1H3/b10-7-. The highest BCUT2D eigenvalue weighted by molar-refractivity contribution is 8.26. The van der Waals surface area contributed by atoms with Crippen molar-refractivity contribution in [2.45, 2.75) is 6.92 Å². The van der Waals surface area contributed by atoms with E-state index in [1.165, 1.54) is 11.8 Å². The normalized spacial score (nSPS) is 18.2. The Morgan fingerprint density at radius 3 is 2.88 bits per heavy atom. The van der Waals surface area contributed by atoms with E-state index in [4.69, 9.17) is 12.2 Å². The second kappa shape index (κ2) is 4.89. The van der Waals surface area contributed by atoms with E-state index >= 15 is 0 Å². The van der Waals surface area contributed by atoms with Crippen LogP contribution in [0.4, 0.5) is 0 Å². The number of carbonyl (C=O) groups is 1. The van der Waals surface area contributed by atoms with Gasteiger partial charge in [-0.25, -0.2) is 0 Å². The summed E-state index contributed by atoms with van der Waals surface area (Å²) in [6, 6.07) is 6.77. The Hall–Kier alpha value is -1.33. The van der Waals surface area contributed by atoms with Gasteiger partial charge in [0.25, 0.3) is 5.91 Å². The van der Waals surface area contributed by atoms with Gasteiger partial charge in [0.15, 0.2) is 0 Å². The molecule has 0 spiro atoms. The van der Waals surface area contributed by atoms with E-state index in [9.17, 15) is 9.90 Å². The minimum absolute atomic E-state index is 0.0640. The first-order valence-corrected chi connectivity index (χ1v) is 6.38. The van der Waals surface area contributed by atoms with E-state index in [1.54, 1.807) is 29.2 Å². The molecule has 1 aromatic rings. The maximum atomic E-state index is 11.9. The number of nitrogens with zero attached hydrogens (tertiary/aromatic N) is 1. The maximum Gasteiger partial charge on any atom is 0.266 e. The van der Waals surface area contributed by atoms with Crippen molar-refractivity contribution in [3.05, 3.63) is 34.7 Å². The van der Waals surface area contributed by atoms with E-state index in [0.29, 0.717) is 15.8 Å². The smallest absolute Gasteiger partial charge is 0.266 e. The molecular formula is C12H11NO2S2. The molecule has 0 aromatic heterocycles. The van der Waals surface area contributed by atoms with E-state index < -0.39 is 0 Å². The molecule has 0 atom stereocenters. The fourth-order valence-electron chi connectivity index (χ4n) is 1.54. The molecule has 1 fully saturated rings. The second-order valence-electron chi connectivity index (χ2n) is 3.52. The predicted molar refractivity (Wildman–Crippen MR) is 73.7 cm³/mol. The second-order valence-corrected chi connectivity index (χ2v) is 5.20. The average Bonchev–Trinajstić information content (AvgIpc) is 2.54. The Kier molecular flexibility index (Phi) is 3.49. The van der Waals surface area contributed by atoms with Gasteiger partial charge >= 0.3 is 0 Å². The topological polar surface area (TPSA) is 40.5 Å². The van der Waals surface area contributed by atoms with Crippen molar-refractivity contribution in [3.8, 4) is 5.75 Å². The van der Waals surface area contributed by atoms with Crippen molar-refractivity contribution < 1.29 is 9.90 Å². The third-order valence-electron chi connectivity index (χ3n) is 2.36. The molecule has 5 heteroatoms. The van der Waals surface area contributed by atoms with E-state index in [2.05, 4.69) is 0 Å². The first-order chi connectivity index (χ1) is 8.11. The molecule has 3 nitrogen and oxygen atoms in total. The molecule has 1 N–H and O–H groups in total. The van der Waals surface area contributed by atoms with Crippen LogP contribution in [-0.2, 0) is 4.79 Å². The number of hydrogen-bond donors (Lipinski definition) is 1. The number of thioether (sulfide) groups is 1. The van der Waals surface area contributed by atoms with Crippen LogP contribution in [0.2, 0.25) is 0 Å². The van der Waals surface area contributed by atoms with E-state index in [-0.39, 0.29) is 11.7 Å². The van der Waals surface area contributed by atoms with Gasteiger partial charge in [0.05, 0.1) is 4.91 Å². The Labute approximate surface area is 109 Å². The van der Waals surface area contributed by atoms with Crippen molar-refractivity contribution >= 4 is 40.3 Å². The molecule has 1 aromatic carbocycles. The van der Waals surface area contributed by atoms with Crippen LogP contribution >= 0.6 is 24.0 Å². The zero-order valence-electron chi connectivity index (χ0n) is 9.21. The van der Waals surface area contributed by atoms with Crippen molar-refractivity contribution in [2.75, 3.05) is 6.54 Å². The minimum atomic E-state index is -0.0640. The summed E-state index contributed by atoms with van der Waals surface area (Å²) in [5, 5.41) is 9.35. The number of carbonyl (C=O) groups excluding carboxylic acids is 1. The third-order valence-corrected chi connectivity index (χ3v) is 3.74. The van der Waals surface area contributed by atoms with Crippen molar-refractivity contribution in [1.82, 2.24) is 4.90 Å². The van der Waals surface area contributed by atoms with Gasteiger partial charge in [-0.15, -0.1) is 0 Å². The van der Waals surface area contributed by atoms with Crippen LogP contribution in [0, 0.1) is 0 Å². The lowest BCUT2D eigenvalue weighted by Crippen LogP contribution is -2.27.